The third-order valence-electron chi connectivity index (χ3n) is 1.83. The Bertz CT molecular complexity index is 253. The van der Waals surface area contributed by atoms with Gasteiger partial charge in [0.15, 0.2) is 5.78 Å². The van der Waals surface area contributed by atoms with Crippen LogP contribution in [0.2, 0.25) is 0 Å². The number of carboxylic acids is 1. The lowest BCUT2D eigenvalue weighted by atomic mass is 10.2. The highest BCUT2D eigenvalue weighted by molar-refractivity contribution is 5.85. The van der Waals surface area contributed by atoms with Crippen LogP contribution >= 0.6 is 0 Å². The molecule has 92 valence electrons. The van der Waals surface area contributed by atoms with Crippen molar-refractivity contribution in [2.75, 3.05) is 13.1 Å². The Balaban J connectivity index is 3.49. The molecule has 0 unspecified atom stereocenters. The normalized spacial score (nSPS) is 9.56. The summed E-state index contributed by atoms with van der Waals surface area (Å²) in [6.07, 6.45) is 1.31. The summed E-state index contributed by atoms with van der Waals surface area (Å²) in [5.74, 6) is -1.07. The fraction of sp³-hybridized carbons (Fsp3) is 0.700. The lowest BCUT2D eigenvalue weighted by molar-refractivity contribution is -0.137. The van der Waals surface area contributed by atoms with E-state index in [2.05, 4.69) is 10.6 Å². The fourth-order valence-electron chi connectivity index (χ4n) is 1.01. The average Bonchev–Trinajstić information content (AvgIpc) is 2.23. The third kappa shape index (κ3) is 8.98. The maximum atomic E-state index is 11.2. The molecule has 0 saturated heterocycles. The quantitative estimate of drug-likeness (QED) is 0.566. The summed E-state index contributed by atoms with van der Waals surface area (Å²) in [5.41, 5.74) is 0. The predicted octanol–water partition coefficient (Wildman–Crippen LogP) is 0.520. The second-order valence-electron chi connectivity index (χ2n) is 3.40. The van der Waals surface area contributed by atoms with Crippen molar-refractivity contribution in [3.63, 3.8) is 0 Å². The van der Waals surface area contributed by atoms with Crippen LogP contribution in [0.3, 0.4) is 0 Å². The van der Waals surface area contributed by atoms with E-state index in [9.17, 15) is 14.4 Å². The van der Waals surface area contributed by atoms with E-state index in [1.54, 1.807) is 0 Å². The first-order valence-corrected chi connectivity index (χ1v) is 5.31. The van der Waals surface area contributed by atoms with Gasteiger partial charge in [0.2, 0.25) is 0 Å². The van der Waals surface area contributed by atoms with Crippen molar-refractivity contribution >= 4 is 17.8 Å². The largest absolute Gasteiger partial charge is 0.481 e. The van der Waals surface area contributed by atoms with Crippen LogP contribution in [0.5, 0.6) is 0 Å². The van der Waals surface area contributed by atoms with Crippen LogP contribution in [0.25, 0.3) is 0 Å². The number of Topliss-reactive ketones (excluding diaryl/α,β-unsaturated/α-hetero) is 1. The Hall–Kier alpha value is -1.59. The zero-order chi connectivity index (χ0) is 12.4. The number of carbonyl (C=O) groups is 3. The van der Waals surface area contributed by atoms with E-state index in [0.717, 1.165) is 6.42 Å². The summed E-state index contributed by atoms with van der Waals surface area (Å²) >= 11 is 0. The molecule has 0 aromatic rings. The smallest absolute Gasteiger partial charge is 0.315 e. The van der Waals surface area contributed by atoms with Crippen LogP contribution in [0.15, 0.2) is 0 Å². The molecule has 16 heavy (non-hydrogen) atoms. The molecule has 3 N–H and O–H groups in total. The van der Waals surface area contributed by atoms with Crippen molar-refractivity contribution in [2.24, 2.45) is 0 Å². The molecular formula is C10H18N2O4. The number of hydrogen-bond donors (Lipinski definition) is 3. The van der Waals surface area contributed by atoms with Gasteiger partial charge in [-0.3, -0.25) is 9.59 Å². The summed E-state index contributed by atoms with van der Waals surface area (Å²) in [5, 5.41) is 13.3. The van der Waals surface area contributed by atoms with E-state index in [1.165, 1.54) is 0 Å². The third-order valence-corrected chi connectivity index (χ3v) is 1.83. The van der Waals surface area contributed by atoms with Crippen LogP contribution < -0.4 is 10.6 Å². The van der Waals surface area contributed by atoms with Gasteiger partial charge in [0, 0.05) is 19.4 Å². The molecule has 0 aromatic carbocycles. The van der Waals surface area contributed by atoms with Crippen molar-refractivity contribution in [3.05, 3.63) is 0 Å². The van der Waals surface area contributed by atoms with Crippen LogP contribution in [0, 0.1) is 0 Å². The molecule has 0 spiro atoms. The number of rotatable bonds is 8. The van der Waals surface area contributed by atoms with Crippen LogP contribution in [-0.4, -0.2) is 36.0 Å². The Morgan fingerprint density at radius 1 is 1.12 bits per heavy atom. The number of amides is 2. The van der Waals surface area contributed by atoms with Crippen molar-refractivity contribution < 1.29 is 19.5 Å². The van der Waals surface area contributed by atoms with Gasteiger partial charge in [-0.05, 0) is 12.8 Å². The summed E-state index contributed by atoms with van der Waals surface area (Å²) in [6, 6.07) is -0.367. The Morgan fingerprint density at radius 2 is 1.81 bits per heavy atom. The molecule has 6 nitrogen and oxygen atoms in total. The number of carboxylic acid groups (broad SMARTS) is 1. The molecule has 0 aliphatic carbocycles. The van der Waals surface area contributed by atoms with E-state index in [4.69, 9.17) is 5.11 Å². The molecular weight excluding hydrogens is 212 g/mol. The number of carbonyl (C=O) groups excluding carboxylic acids is 2. The first kappa shape index (κ1) is 14.4. The van der Waals surface area contributed by atoms with Gasteiger partial charge in [0.25, 0.3) is 0 Å². The molecule has 0 rings (SSSR count). The van der Waals surface area contributed by atoms with Gasteiger partial charge in [-0.1, -0.05) is 6.92 Å². The summed E-state index contributed by atoms with van der Waals surface area (Å²) in [4.78, 5) is 32.4. The molecule has 0 aliphatic heterocycles. The van der Waals surface area contributed by atoms with Gasteiger partial charge in [-0.25, -0.2) is 4.79 Å². The van der Waals surface area contributed by atoms with E-state index in [-0.39, 0.29) is 31.2 Å². The maximum Gasteiger partial charge on any atom is 0.315 e. The average molecular weight is 230 g/mol. The number of urea groups is 1. The fourth-order valence-corrected chi connectivity index (χ4v) is 1.01. The predicted molar refractivity (Wildman–Crippen MR) is 58.2 cm³/mol. The van der Waals surface area contributed by atoms with Gasteiger partial charge in [-0.15, -0.1) is 0 Å². The second kappa shape index (κ2) is 8.70. The molecule has 6 heteroatoms. The number of aliphatic carboxylic acids is 1. The zero-order valence-electron chi connectivity index (χ0n) is 9.41. The Morgan fingerprint density at radius 3 is 2.38 bits per heavy atom. The van der Waals surface area contributed by atoms with Gasteiger partial charge in [0.1, 0.15) is 0 Å². The van der Waals surface area contributed by atoms with Gasteiger partial charge >= 0.3 is 12.0 Å². The standard InChI is InChI=1S/C10H18N2O4/c1-2-6-11-10(16)12-7-8(13)4-3-5-9(14)15/h2-7H2,1H3,(H,14,15)(H2,11,12,16). The highest BCUT2D eigenvalue weighted by Crippen LogP contribution is 1.95. The molecule has 2 amide bonds. The molecule has 0 aromatic heterocycles. The lowest BCUT2D eigenvalue weighted by Gasteiger charge is -2.05. The van der Waals surface area contributed by atoms with Crippen LogP contribution in [0.1, 0.15) is 32.6 Å². The van der Waals surface area contributed by atoms with Crippen molar-refractivity contribution in [2.45, 2.75) is 32.6 Å². The highest BCUT2D eigenvalue weighted by atomic mass is 16.4. The van der Waals surface area contributed by atoms with Crippen molar-refractivity contribution in [1.82, 2.24) is 10.6 Å². The summed E-state index contributed by atoms with van der Waals surface area (Å²) in [7, 11) is 0. The second-order valence-corrected chi connectivity index (χ2v) is 3.40. The molecule has 0 radical (unpaired) electrons. The zero-order valence-corrected chi connectivity index (χ0v) is 9.41. The molecule has 0 saturated carbocycles. The summed E-state index contributed by atoms with van der Waals surface area (Å²) in [6.45, 7) is 2.45. The SMILES string of the molecule is CCCNC(=O)NCC(=O)CCCC(=O)O. The Labute approximate surface area is 94.4 Å². The minimum absolute atomic E-state index is 0.0201. The van der Waals surface area contributed by atoms with E-state index in [1.807, 2.05) is 6.92 Å². The van der Waals surface area contributed by atoms with Crippen molar-refractivity contribution in [3.8, 4) is 0 Å². The topological polar surface area (TPSA) is 95.5 Å². The van der Waals surface area contributed by atoms with Crippen molar-refractivity contribution in [1.29, 1.82) is 0 Å². The first-order chi connectivity index (χ1) is 7.56. The number of ketones is 1. The minimum atomic E-state index is -0.915. The van der Waals surface area contributed by atoms with Gasteiger partial charge in [0.05, 0.1) is 6.54 Å². The van der Waals surface area contributed by atoms with E-state index >= 15 is 0 Å². The molecule has 0 bridgehead atoms. The van der Waals surface area contributed by atoms with Gasteiger partial charge < -0.3 is 15.7 Å². The Kier molecular flexibility index (Phi) is 7.83. The molecule has 0 fully saturated rings. The van der Waals surface area contributed by atoms with Crippen LogP contribution in [0.4, 0.5) is 4.79 Å². The molecule has 0 atom stereocenters. The highest BCUT2D eigenvalue weighted by Gasteiger charge is 2.05. The number of nitrogens with one attached hydrogen (secondary N) is 2. The molecule has 0 heterocycles. The van der Waals surface area contributed by atoms with Crippen LogP contribution in [-0.2, 0) is 9.59 Å². The van der Waals surface area contributed by atoms with Gasteiger partial charge in [-0.2, -0.15) is 0 Å². The van der Waals surface area contributed by atoms with E-state index in [0.29, 0.717) is 13.0 Å². The molecule has 0 aliphatic rings. The minimum Gasteiger partial charge on any atom is -0.481 e. The number of hydrogen-bond acceptors (Lipinski definition) is 3. The lowest BCUT2D eigenvalue weighted by Crippen LogP contribution is -2.38. The van der Waals surface area contributed by atoms with E-state index < -0.39 is 5.97 Å². The monoisotopic (exact) mass is 230 g/mol. The maximum absolute atomic E-state index is 11.2. The first-order valence-electron chi connectivity index (χ1n) is 5.31. The summed E-state index contributed by atoms with van der Waals surface area (Å²) < 4.78 is 0.